The summed E-state index contributed by atoms with van der Waals surface area (Å²) in [5, 5.41) is 0. The van der Waals surface area contributed by atoms with E-state index in [1.54, 1.807) is 6.26 Å². The Bertz CT molecular complexity index is 585. The molecule has 1 aromatic carbocycles. The van der Waals surface area contributed by atoms with E-state index in [0.29, 0.717) is 13.2 Å². The fourth-order valence-electron chi connectivity index (χ4n) is 2.24. The molecular weight excluding hydrogens is 220 g/mol. The van der Waals surface area contributed by atoms with Crippen LogP contribution in [-0.4, -0.2) is 6.79 Å². The van der Waals surface area contributed by atoms with Crippen molar-refractivity contribution >= 4 is 0 Å². The van der Waals surface area contributed by atoms with Crippen molar-refractivity contribution in [3.8, 4) is 22.8 Å². The Labute approximate surface area is 97.7 Å². The second-order valence-corrected chi connectivity index (χ2v) is 4.13. The van der Waals surface area contributed by atoms with E-state index in [2.05, 4.69) is 0 Å². The van der Waals surface area contributed by atoms with Crippen LogP contribution in [0.3, 0.4) is 0 Å². The molecule has 4 nitrogen and oxygen atoms in total. The average molecular weight is 230 g/mol. The van der Waals surface area contributed by atoms with Gasteiger partial charge in [0.15, 0.2) is 11.5 Å². The summed E-state index contributed by atoms with van der Waals surface area (Å²) in [6.07, 6.45) is 1.77. The molecule has 0 aliphatic carbocycles. The van der Waals surface area contributed by atoms with Crippen LogP contribution in [0.15, 0.2) is 28.9 Å². The van der Waals surface area contributed by atoms with Crippen LogP contribution in [0, 0.1) is 0 Å². The van der Waals surface area contributed by atoms with E-state index in [1.165, 1.54) is 0 Å². The van der Waals surface area contributed by atoms with Gasteiger partial charge in [-0.3, -0.25) is 0 Å². The number of hydrogen-bond donors (Lipinski definition) is 0. The predicted octanol–water partition coefficient (Wildman–Crippen LogP) is 2.71. The molecule has 0 atom stereocenters. The lowest BCUT2D eigenvalue weighted by atomic mass is 10.1. The number of ether oxygens (including phenoxy) is 3. The Morgan fingerprint density at radius 3 is 2.94 bits per heavy atom. The van der Waals surface area contributed by atoms with Gasteiger partial charge in [-0.05, 0) is 18.2 Å². The molecule has 0 amide bonds. The molecule has 2 aliphatic rings. The summed E-state index contributed by atoms with van der Waals surface area (Å²) in [4.78, 5) is 0. The van der Waals surface area contributed by atoms with Crippen LogP contribution >= 0.6 is 0 Å². The zero-order valence-electron chi connectivity index (χ0n) is 9.06. The average Bonchev–Trinajstić information content (AvgIpc) is 3.03. The largest absolute Gasteiger partial charge is 0.464 e. The van der Waals surface area contributed by atoms with Gasteiger partial charge < -0.3 is 18.6 Å². The maximum absolute atomic E-state index is 5.61. The first-order chi connectivity index (χ1) is 8.42. The van der Waals surface area contributed by atoms with Crippen LogP contribution in [0.2, 0.25) is 0 Å². The summed E-state index contributed by atoms with van der Waals surface area (Å²) in [6.45, 7) is 1.55. The Kier molecular flexibility index (Phi) is 1.76. The summed E-state index contributed by atoms with van der Waals surface area (Å²) < 4.78 is 21.6. The van der Waals surface area contributed by atoms with Gasteiger partial charge in [0.2, 0.25) is 6.79 Å². The van der Waals surface area contributed by atoms with Crippen LogP contribution in [0.5, 0.6) is 11.5 Å². The van der Waals surface area contributed by atoms with Crippen molar-refractivity contribution in [2.24, 2.45) is 0 Å². The van der Waals surface area contributed by atoms with Gasteiger partial charge in [0, 0.05) is 16.7 Å². The number of furan rings is 1. The normalized spacial score (nSPS) is 16.2. The highest BCUT2D eigenvalue weighted by molar-refractivity contribution is 5.67. The van der Waals surface area contributed by atoms with Gasteiger partial charge in [-0.2, -0.15) is 0 Å². The summed E-state index contributed by atoms with van der Waals surface area (Å²) in [5.41, 5.74) is 3.28. The van der Waals surface area contributed by atoms with Crippen LogP contribution in [-0.2, 0) is 18.0 Å². The fraction of sp³-hybridized carbons (Fsp3) is 0.231. The lowest BCUT2D eigenvalue weighted by molar-refractivity contribution is 0.132. The molecule has 2 aromatic rings. The van der Waals surface area contributed by atoms with Crippen molar-refractivity contribution in [2.45, 2.75) is 13.2 Å². The Morgan fingerprint density at radius 1 is 1.00 bits per heavy atom. The smallest absolute Gasteiger partial charge is 0.231 e. The summed E-state index contributed by atoms with van der Waals surface area (Å²) >= 11 is 0. The molecule has 0 bridgehead atoms. The van der Waals surface area contributed by atoms with Gasteiger partial charge in [0.1, 0.15) is 5.76 Å². The SMILES string of the molecule is c1cc2c(cc1-c1occ3c1COC3)OCO2. The van der Waals surface area contributed by atoms with E-state index in [1.807, 2.05) is 18.2 Å². The van der Waals surface area contributed by atoms with Gasteiger partial charge in [0.25, 0.3) is 0 Å². The zero-order valence-corrected chi connectivity index (χ0v) is 9.06. The van der Waals surface area contributed by atoms with Crippen molar-refractivity contribution in [3.05, 3.63) is 35.6 Å². The van der Waals surface area contributed by atoms with Crippen molar-refractivity contribution in [2.75, 3.05) is 6.79 Å². The molecule has 2 aliphatic heterocycles. The van der Waals surface area contributed by atoms with Crippen LogP contribution in [0.4, 0.5) is 0 Å². The first-order valence-electron chi connectivity index (χ1n) is 5.49. The zero-order chi connectivity index (χ0) is 11.2. The minimum Gasteiger partial charge on any atom is -0.464 e. The third-order valence-electron chi connectivity index (χ3n) is 3.12. The van der Waals surface area contributed by atoms with Crippen molar-refractivity contribution in [1.82, 2.24) is 0 Å². The van der Waals surface area contributed by atoms with E-state index < -0.39 is 0 Å². The lowest BCUT2D eigenvalue weighted by Crippen LogP contribution is -1.92. The van der Waals surface area contributed by atoms with Gasteiger partial charge in [-0.15, -0.1) is 0 Å². The standard InChI is InChI=1S/C13H10O4/c1-2-11-12(17-7-16-11)3-8(1)13-10-6-14-4-9(10)5-15-13/h1-3,5H,4,6-7H2. The van der Waals surface area contributed by atoms with E-state index in [9.17, 15) is 0 Å². The molecule has 1 aromatic heterocycles. The number of rotatable bonds is 1. The van der Waals surface area contributed by atoms with Crippen LogP contribution in [0.1, 0.15) is 11.1 Å². The van der Waals surface area contributed by atoms with Crippen molar-refractivity contribution in [3.63, 3.8) is 0 Å². The quantitative estimate of drug-likeness (QED) is 0.755. The second-order valence-electron chi connectivity index (χ2n) is 4.13. The predicted molar refractivity (Wildman–Crippen MR) is 58.8 cm³/mol. The first-order valence-corrected chi connectivity index (χ1v) is 5.49. The molecule has 0 N–H and O–H groups in total. The van der Waals surface area contributed by atoms with E-state index in [4.69, 9.17) is 18.6 Å². The Hall–Kier alpha value is -1.94. The van der Waals surface area contributed by atoms with Gasteiger partial charge in [0.05, 0.1) is 19.5 Å². The van der Waals surface area contributed by atoms with E-state index in [0.717, 1.165) is 33.9 Å². The maximum atomic E-state index is 5.61. The number of hydrogen-bond acceptors (Lipinski definition) is 4. The molecule has 0 radical (unpaired) electrons. The molecule has 86 valence electrons. The van der Waals surface area contributed by atoms with Gasteiger partial charge >= 0.3 is 0 Å². The van der Waals surface area contributed by atoms with E-state index in [-0.39, 0.29) is 6.79 Å². The minimum absolute atomic E-state index is 0.290. The molecule has 0 saturated carbocycles. The summed E-state index contributed by atoms with van der Waals surface area (Å²) in [7, 11) is 0. The molecular formula is C13H10O4. The monoisotopic (exact) mass is 230 g/mol. The number of benzene rings is 1. The van der Waals surface area contributed by atoms with Gasteiger partial charge in [-0.25, -0.2) is 0 Å². The van der Waals surface area contributed by atoms with Crippen LogP contribution < -0.4 is 9.47 Å². The molecule has 0 spiro atoms. The summed E-state index contributed by atoms with van der Waals surface area (Å²) in [6, 6.07) is 5.83. The van der Waals surface area contributed by atoms with E-state index >= 15 is 0 Å². The molecule has 0 saturated heterocycles. The van der Waals surface area contributed by atoms with Crippen molar-refractivity contribution < 1.29 is 18.6 Å². The maximum Gasteiger partial charge on any atom is 0.231 e. The third kappa shape index (κ3) is 1.27. The molecule has 17 heavy (non-hydrogen) atoms. The fourth-order valence-corrected chi connectivity index (χ4v) is 2.24. The van der Waals surface area contributed by atoms with Gasteiger partial charge in [-0.1, -0.05) is 0 Å². The molecule has 4 heteroatoms. The molecule has 0 fully saturated rings. The Balaban J connectivity index is 1.84. The van der Waals surface area contributed by atoms with Crippen LogP contribution in [0.25, 0.3) is 11.3 Å². The summed E-state index contributed by atoms with van der Waals surface area (Å²) in [5.74, 6) is 2.43. The minimum atomic E-state index is 0.290. The third-order valence-corrected chi connectivity index (χ3v) is 3.12. The first kappa shape index (κ1) is 9.13. The lowest BCUT2D eigenvalue weighted by Gasteiger charge is -2.01. The Morgan fingerprint density at radius 2 is 1.94 bits per heavy atom. The molecule has 3 heterocycles. The molecule has 0 unspecified atom stereocenters. The number of fused-ring (bicyclic) bond motifs is 2. The topological polar surface area (TPSA) is 40.8 Å². The second kappa shape index (κ2) is 3.28. The highest BCUT2D eigenvalue weighted by atomic mass is 16.7. The highest BCUT2D eigenvalue weighted by Crippen LogP contribution is 2.39. The molecule has 4 rings (SSSR count). The van der Waals surface area contributed by atoms with Crippen molar-refractivity contribution in [1.29, 1.82) is 0 Å². The highest BCUT2D eigenvalue weighted by Gasteiger charge is 2.22.